The highest BCUT2D eigenvalue weighted by atomic mass is 32.2. The number of likely N-dealkylation sites (tertiary alicyclic amines) is 1. The van der Waals surface area contributed by atoms with E-state index in [1.165, 1.54) is 4.57 Å². The van der Waals surface area contributed by atoms with Crippen LogP contribution in [0.4, 0.5) is 24.5 Å². The summed E-state index contributed by atoms with van der Waals surface area (Å²) in [5, 5.41) is 16.3. The molecule has 39 heavy (non-hydrogen) atoms. The zero-order valence-electron chi connectivity index (χ0n) is 22.1. The monoisotopic (exact) mass is 555 g/mol. The number of nitrogens with one attached hydrogen (secondary N) is 2. The first-order valence-electron chi connectivity index (χ1n) is 12.9. The minimum Gasteiger partial charge on any atom is -0.477 e. The highest BCUT2D eigenvalue weighted by Crippen LogP contribution is 2.32. The van der Waals surface area contributed by atoms with Crippen molar-refractivity contribution in [2.75, 3.05) is 49.7 Å². The Balaban J connectivity index is 1.57. The van der Waals surface area contributed by atoms with Crippen LogP contribution in [0.5, 0.6) is 5.75 Å². The first-order chi connectivity index (χ1) is 18.8. The zero-order chi connectivity index (χ0) is 27.8. The highest BCUT2D eigenvalue weighted by molar-refractivity contribution is 7.98. The molecule has 3 aromatic rings. The quantitative estimate of drug-likeness (QED) is 0.243. The van der Waals surface area contributed by atoms with Crippen molar-refractivity contribution in [2.45, 2.75) is 43.4 Å². The lowest BCUT2D eigenvalue weighted by Gasteiger charge is -2.32. The molecule has 2 N–H and O–H groups in total. The molecule has 206 valence electrons. The average Bonchev–Trinajstić information content (AvgIpc) is 3.27. The Morgan fingerprint density at radius 3 is 2.62 bits per heavy atom. The summed E-state index contributed by atoms with van der Waals surface area (Å²) < 4.78 is 47.4. The molecule has 1 fully saturated rings. The van der Waals surface area contributed by atoms with E-state index in [-0.39, 0.29) is 19.2 Å². The molecule has 0 atom stereocenters. The second-order valence-electron chi connectivity index (χ2n) is 9.29. The van der Waals surface area contributed by atoms with E-state index in [0.29, 0.717) is 22.6 Å². The topological polar surface area (TPSA) is 65.2 Å². The fourth-order valence-corrected chi connectivity index (χ4v) is 5.19. The Labute approximate surface area is 231 Å². The van der Waals surface area contributed by atoms with Crippen LogP contribution in [-0.2, 0) is 6.54 Å². The van der Waals surface area contributed by atoms with Crippen LogP contribution in [0.15, 0.2) is 47.4 Å². The van der Waals surface area contributed by atoms with Gasteiger partial charge in [-0.15, -0.1) is 11.8 Å². The van der Waals surface area contributed by atoms with Crippen molar-refractivity contribution < 1.29 is 17.9 Å². The van der Waals surface area contributed by atoms with Crippen LogP contribution in [0.25, 0.3) is 10.9 Å². The molecule has 0 spiro atoms. The smallest absolute Gasteiger partial charge is 0.406 e. The van der Waals surface area contributed by atoms with Crippen molar-refractivity contribution >= 4 is 34.0 Å². The van der Waals surface area contributed by atoms with Gasteiger partial charge in [0.05, 0.1) is 23.4 Å². The molecule has 0 bridgehead atoms. The molecule has 2 heterocycles. The van der Waals surface area contributed by atoms with Gasteiger partial charge in [-0.05, 0) is 68.0 Å². The number of benzene rings is 2. The lowest BCUT2D eigenvalue weighted by molar-refractivity contribution is -0.140. The number of rotatable bonds is 9. The normalized spacial score (nSPS) is 14.5. The summed E-state index contributed by atoms with van der Waals surface area (Å²) in [5.74, 6) is 6.43. The molecule has 0 unspecified atom stereocenters. The Morgan fingerprint density at radius 2 is 1.92 bits per heavy atom. The molecule has 0 aliphatic carbocycles. The summed E-state index contributed by atoms with van der Waals surface area (Å²) in [5.41, 5.74) is 2.30. The Morgan fingerprint density at radius 1 is 1.13 bits per heavy atom. The van der Waals surface area contributed by atoms with E-state index in [0.717, 1.165) is 48.4 Å². The second-order valence-corrected chi connectivity index (χ2v) is 10.2. The minimum absolute atomic E-state index is 0.0934. The van der Waals surface area contributed by atoms with Crippen molar-refractivity contribution in [1.29, 1.82) is 5.26 Å². The third-order valence-corrected chi connectivity index (χ3v) is 7.47. The number of anilines is 2. The molecule has 1 saturated heterocycles. The summed E-state index contributed by atoms with van der Waals surface area (Å²) in [6, 6.07) is 15.0. The van der Waals surface area contributed by atoms with Gasteiger partial charge in [-0.1, -0.05) is 18.9 Å². The van der Waals surface area contributed by atoms with Gasteiger partial charge in [0.25, 0.3) is 0 Å². The van der Waals surface area contributed by atoms with Crippen LogP contribution in [0, 0.1) is 23.2 Å². The highest BCUT2D eigenvalue weighted by Gasteiger charge is 2.30. The summed E-state index contributed by atoms with van der Waals surface area (Å²) in [4.78, 5) is 3.38. The Hall–Kier alpha value is -3.47. The van der Waals surface area contributed by atoms with Crippen LogP contribution in [0.2, 0.25) is 0 Å². The van der Waals surface area contributed by atoms with Gasteiger partial charge in [0.2, 0.25) is 0 Å². The Bertz CT molecular complexity index is 1380. The lowest BCUT2D eigenvalue weighted by atomic mass is 10.0. The molecule has 0 radical (unpaired) electrons. The van der Waals surface area contributed by atoms with Gasteiger partial charge < -0.3 is 24.8 Å². The molecular formula is C29H32F3N5OS. The van der Waals surface area contributed by atoms with E-state index >= 15 is 0 Å². The standard InChI is InChI=1S/C29H32F3N5OS/c1-3-36-15-11-21(12-16-36)35-25-7-4-8-27-24(25)18-22(37(27)20-29(30,31)32)6-5-14-34-26-10-9-23(39-2)19-28(26)38-17-13-33/h4,7-10,18-19,21,34-35H,3,11-12,14-17,20H2,1-2H3. The molecule has 4 rings (SSSR count). The number of hydrogen-bond acceptors (Lipinski definition) is 6. The van der Waals surface area contributed by atoms with Gasteiger partial charge in [0.1, 0.15) is 18.4 Å². The summed E-state index contributed by atoms with van der Waals surface area (Å²) >= 11 is 1.55. The van der Waals surface area contributed by atoms with Gasteiger partial charge >= 0.3 is 6.18 Å². The van der Waals surface area contributed by atoms with E-state index in [9.17, 15) is 13.2 Å². The SMILES string of the molecule is CCN1CCC(Nc2cccc3c2cc(C#CCNc2ccc(SC)cc2OCC#N)n3CC(F)(F)F)CC1. The molecule has 6 nitrogen and oxygen atoms in total. The van der Waals surface area contributed by atoms with Crippen molar-refractivity contribution in [1.82, 2.24) is 9.47 Å². The molecule has 1 aromatic heterocycles. The number of thioether (sulfide) groups is 1. The number of nitriles is 1. The molecule has 10 heteroatoms. The maximum absolute atomic E-state index is 13.5. The molecular weight excluding hydrogens is 523 g/mol. The number of fused-ring (bicyclic) bond motifs is 1. The number of piperidine rings is 1. The van der Waals surface area contributed by atoms with Crippen molar-refractivity contribution in [3.63, 3.8) is 0 Å². The van der Waals surface area contributed by atoms with E-state index < -0.39 is 12.7 Å². The molecule has 2 aromatic carbocycles. The number of hydrogen-bond donors (Lipinski definition) is 2. The number of ether oxygens (including phenoxy) is 1. The van der Waals surface area contributed by atoms with Gasteiger partial charge in [-0.25, -0.2) is 0 Å². The van der Waals surface area contributed by atoms with Gasteiger partial charge in [-0.3, -0.25) is 0 Å². The van der Waals surface area contributed by atoms with E-state index in [4.69, 9.17) is 10.00 Å². The third-order valence-electron chi connectivity index (χ3n) is 6.74. The zero-order valence-corrected chi connectivity index (χ0v) is 22.9. The summed E-state index contributed by atoms with van der Waals surface area (Å²) in [7, 11) is 0. The molecule has 0 saturated carbocycles. The molecule has 1 aliphatic rings. The van der Waals surface area contributed by atoms with Gasteiger partial charge in [-0.2, -0.15) is 18.4 Å². The first kappa shape index (κ1) is 28.5. The fourth-order valence-electron chi connectivity index (χ4n) is 4.76. The van der Waals surface area contributed by atoms with Crippen molar-refractivity contribution in [3.8, 4) is 23.7 Å². The number of aromatic nitrogens is 1. The summed E-state index contributed by atoms with van der Waals surface area (Å²) in [6.45, 7) is 4.17. The number of halogens is 3. The lowest BCUT2D eigenvalue weighted by Crippen LogP contribution is -2.38. The van der Waals surface area contributed by atoms with E-state index in [1.807, 2.05) is 36.6 Å². The van der Waals surface area contributed by atoms with E-state index in [2.05, 4.69) is 34.3 Å². The maximum atomic E-state index is 13.5. The second kappa shape index (κ2) is 13.1. The van der Waals surface area contributed by atoms with Gasteiger partial charge in [0.15, 0.2) is 6.61 Å². The van der Waals surface area contributed by atoms with Crippen LogP contribution in [0.1, 0.15) is 25.5 Å². The van der Waals surface area contributed by atoms with Gasteiger partial charge in [0, 0.05) is 35.1 Å². The number of alkyl halides is 3. The fraction of sp³-hybridized carbons (Fsp3) is 0.414. The largest absolute Gasteiger partial charge is 0.477 e. The predicted molar refractivity (Wildman–Crippen MR) is 151 cm³/mol. The van der Waals surface area contributed by atoms with Crippen molar-refractivity contribution in [2.24, 2.45) is 0 Å². The van der Waals surface area contributed by atoms with Crippen LogP contribution in [0.3, 0.4) is 0 Å². The minimum atomic E-state index is -4.39. The average molecular weight is 556 g/mol. The first-order valence-corrected chi connectivity index (χ1v) is 14.1. The molecule has 0 amide bonds. The van der Waals surface area contributed by atoms with Crippen LogP contribution < -0.4 is 15.4 Å². The van der Waals surface area contributed by atoms with E-state index in [1.54, 1.807) is 30.0 Å². The molecule has 1 aliphatic heterocycles. The predicted octanol–water partition coefficient (Wildman–Crippen LogP) is 6.19. The van der Waals surface area contributed by atoms with Crippen molar-refractivity contribution in [3.05, 3.63) is 48.2 Å². The van der Waals surface area contributed by atoms with Crippen LogP contribution in [-0.4, -0.2) is 60.7 Å². The third kappa shape index (κ3) is 7.56. The van der Waals surface area contributed by atoms with Crippen LogP contribution >= 0.6 is 11.8 Å². The Kier molecular flexibility index (Phi) is 9.55. The number of nitrogens with zero attached hydrogens (tertiary/aromatic N) is 3. The summed E-state index contributed by atoms with van der Waals surface area (Å²) in [6.07, 6.45) is -0.464. The maximum Gasteiger partial charge on any atom is 0.406 e.